The highest BCUT2D eigenvalue weighted by Gasteiger charge is 2.45. The maximum absolute atomic E-state index is 14.4. The maximum Gasteiger partial charge on any atom is 0.251 e. The number of carbonyl (C=O) groups excluding carboxylic acids is 1. The Labute approximate surface area is 220 Å². The summed E-state index contributed by atoms with van der Waals surface area (Å²) in [5.41, 5.74) is -0.0912. The van der Waals surface area contributed by atoms with Crippen molar-refractivity contribution in [3.05, 3.63) is 24.0 Å². The Balaban J connectivity index is 1.81. The van der Waals surface area contributed by atoms with E-state index < -0.39 is 21.5 Å². The summed E-state index contributed by atoms with van der Waals surface area (Å²) in [6.45, 7) is 3.18. The Bertz CT molecular complexity index is 1080. The van der Waals surface area contributed by atoms with E-state index in [4.69, 9.17) is 4.74 Å². The fourth-order valence-corrected chi connectivity index (χ4v) is 6.61. The molecular weight excluding hydrogens is 492 g/mol. The molecule has 2 aliphatic heterocycles. The van der Waals surface area contributed by atoms with Crippen molar-refractivity contribution in [3.63, 3.8) is 0 Å². The highest BCUT2D eigenvalue weighted by atomic mass is 32.2. The van der Waals surface area contributed by atoms with Crippen LogP contribution in [0.5, 0.6) is 0 Å². The van der Waals surface area contributed by atoms with Crippen LogP contribution in [0.3, 0.4) is 0 Å². The standard InChI is InChI=1S/C26H40N6O4S/c1-31-13-10-26(19-27,11-14-31)29-25(33)23(24(30-37(2,34)35)32-15-17-36-18-16-32)22(21-9-6-12-28-21)20-7-4-3-5-8-20/h6,9,12,20,22-23,28H,3-5,7-8,10-11,13-18H2,1-2H3,(H,29,33). The Morgan fingerprint density at radius 2 is 1.89 bits per heavy atom. The average Bonchev–Trinajstić information content (AvgIpc) is 3.42. The van der Waals surface area contributed by atoms with Gasteiger partial charge in [-0.1, -0.05) is 19.3 Å². The van der Waals surface area contributed by atoms with Gasteiger partial charge >= 0.3 is 0 Å². The molecule has 2 saturated heterocycles. The number of amidine groups is 1. The third kappa shape index (κ3) is 6.92. The van der Waals surface area contributed by atoms with E-state index in [-0.39, 0.29) is 23.6 Å². The first-order chi connectivity index (χ1) is 17.7. The van der Waals surface area contributed by atoms with E-state index in [1.807, 2.05) is 30.3 Å². The minimum Gasteiger partial charge on any atom is -0.378 e. The number of aromatic amines is 1. The van der Waals surface area contributed by atoms with Gasteiger partial charge in [0.1, 0.15) is 17.3 Å². The number of carbonyl (C=O) groups is 1. The summed E-state index contributed by atoms with van der Waals surface area (Å²) in [4.78, 5) is 21.7. The van der Waals surface area contributed by atoms with Gasteiger partial charge in [0.25, 0.3) is 10.0 Å². The van der Waals surface area contributed by atoms with Crippen molar-refractivity contribution < 1.29 is 17.9 Å². The zero-order valence-electron chi connectivity index (χ0n) is 22.0. The first-order valence-electron chi connectivity index (χ1n) is 13.4. The predicted octanol–water partition coefficient (Wildman–Crippen LogP) is 2.09. The number of morpholine rings is 1. The molecule has 3 heterocycles. The fraction of sp³-hybridized carbons (Fsp3) is 0.731. The molecule has 37 heavy (non-hydrogen) atoms. The van der Waals surface area contributed by atoms with E-state index in [1.54, 1.807) is 0 Å². The van der Waals surface area contributed by atoms with Crippen LogP contribution in [0.2, 0.25) is 0 Å². The number of hydrogen-bond acceptors (Lipinski definition) is 6. The van der Waals surface area contributed by atoms with E-state index >= 15 is 0 Å². The number of nitrogens with one attached hydrogen (secondary N) is 2. The largest absolute Gasteiger partial charge is 0.378 e. The molecule has 1 aliphatic carbocycles. The molecule has 204 valence electrons. The van der Waals surface area contributed by atoms with Crippen molar-refractivity contribution in [2.75, 3.05) is 52.7 Å². The second-order valence-corrected chi connectivity index (χ2v) is 12.4. The SMILES string of the molecule is CN1CCC(C#N)(NC(=O)C(C(=NS(C)(=O)=O)N2CCOCC2)C(c2ccc[nH]2)C2CCCCC2)CC1. The number of likely N-dealkylation sites (tertiary alicyclic amines) is 1. The lowest BCUT2D eigenvalue weighted by atomic mass is 9.71. The molecule has 3 aliphatic rings. The van der Waals surface area contributed by atoms with Gasteiger partial charge in [-0.05, 0) is 50.8 Å². The number of piperidine rings is 1. The van der Waals surface area contributed by atoms with Crippen LogP contribution in [-0.4, -0.2) is 93.2 Å². The molecule has 0 aromatic carbocycles. The van der Waals surface area contributed by atoms with Gasteiger partial charge in [0, 0.05) is 44.0 Å². The lowest BCUT2D eigenvalue weighted by Gasteiger charge is -2.42. The van der Waals surface area contributed by atoms with E-state index in [0.29, 0.717) is 52.2 Å². The molecule has 11 heteroatoms. The number of rotatable bonds is 7. The van der Waals surface area contributed by atoms with Crippen molar-refractivity contribution in [1.82, 2.24) is 20.1 Å². The van der Waals surface area contributed by atoms with E-state index in [2.05, 4.69) is 25.7 Å². The van der Waals surface area contributed by atoms with Crippen molar-refractivity contribution in [2.24, 2.45) is 16.2 Å². The van der Waals surface area contributed by atoms with E-state index in [1.165, 1.54) is 0 Å². The number of aromatic nitrogens is 1. The van der Waals surface area contributed by atoms with Gasteiger partial charge in [-0.25, -0.2) is 8.42 Å². The van der Waals surface area contributed by atoms with Gasteiger partial charge in [-0.3, -0.25) is 4.79 Å². The molecule has 1 amide bonds. The first-order valence-corrected chi connectivity index (χ1v) is 15.2. The average molecular weight is 533 g/mol. The molecule has 2 unspecified atom stereocenters. The van der Waals surface area contributed by atoms with Crippen LogP contribution in [0, 0.1) is 23.2 Å². The monoisotopic (exact) mass is 532 g/mol. The van der Waals surface area contributed by atoms with Crippen molar-refractivity contribution in [3.8, 4) is 6.07 Å². The number of nitriles is 1. The van der Waals surface area contributed by atoms with Crippen LogP contribution < -0.4 is 5.32 Å². The van der Waals surface area contributed by atoms with Crippen LogP contribution in [0.4, 0.5) is 0 Å². The van der Waals surface area contributed by atoms with Gasteiger partial charge < -0.3 is 24.8 Å². The van der Waals surface area contributed by atoms with Crippen LogP contribution in [0.15, 0.2) is 22.7 Å². The zero-order chi connectivity index (χ0) is 26.5. The fourth-order valence-electron chi connectivity index (χ4n) is 6.04. The minimum absolute atomic E-state index is 0.185. The van der Waals surface area contributed by atoms with Gasteiger partial charge in [0.05, 0.1) is 25.5 Å². The van der Waals surface area contributed by atoms with Crippen LogP contribution >= 0.6 is 0 Å². The highest BCUT2D eigenvalue weighted by molar-refractivity contribution is 7.89. The third-order valence-corrected chi connectivity index (χ3v) is 8.59. The highest BCUT2D eigenvalue weighted by Crippen LogP contribution is 2.42. The third-order valence-electron chi connectivity index (χ3n) is 8.07. The second-order valence-electron chi connectivity index (χ2n) is 10.8. The molecule has 1 aromatic heterocycles. The summed E-state index contributed by atoms with van der Waals surface area (Å²) >= 11 is 0. The summed E-state index contributed by atoms with van der Waals surface area (Å²) < 4.78 is 35.0. The molecule has 2 atom stereocenters. The smallest absolute Gasteiger partial charge is 0.251 e. The quantitative estimate of drug-likeness (QED) is 0.406. The summed E-state index contributed by atoms with van der Waals surface area (Å²) in [6.07, 6.45) is 9.16. The van der Waals surface area contributed by atoms with Crippen molar-refractivity contribution in [1.29, 1.82) is 5.26 Å². The van der Waals surface area contributed by atoms with Crippen molar-refractivity contribution in [2.45, 2.75) is 56.4 Å². The maximum atomic E-state index is 14.4. The van der Waals surface area contributed by atoms with Crippen LogP contribution in [0.1, 0.15) is 56.6 Å². The summed E-state index contributed by atoms with van der Waals surface area (Å²) in [6, 6.07) is 6.28. The first kappa shape index (κ1) is 27.6. The number of hydrogen-bond donors (Lipinski definition) is 2. The van der Waals surface area contributed by atoms with Gasteiger partial charge in [0.15, 0.2) is 0 Å². The van der Waals surface area contributed by atoms with Gasteiger partial charge in [-0.2, -0.15) is 5.26 Å². The second kappa shape index (κ2) is 12.0. The van der Waals surface area contributed by atoms with Crippen molar-refractivity contribution >= 4 is 21.8 Å². The zero-order valence-corrected chi connectivity index (χ0v) is 22.8. The number of sulfonamides is 1. The van der Waals surface area contributed by atoms with Crippen LogP contribution in [-0.2, 0) is 19.6 Å². The predicted molar refractivity (Wildman–Crippen MR) is 141 cm³/mol. The Kier molecular flexibility index (Phi) is 8.93. The summed E-state index contributed by atoms with van der Waals surface area (Å²) in [5.74, 6) is -1.04. The number of nitrogens with zero attached hydrogens (tertiary/aromatic N) is 4. The Morgan fingerprint density at radius 3 is 2.46 bits per heavy atom. The molecule has 1 saturated carbocycles. The molecule has 2 N–H and O–H groups in total. The Hall–Kier alpha value is -2.42. The molecular formula is C26H40N6O4S. The molecule has 3 fully saturated rings. The molecule has 0 spiro atoms. The number of ether oxygens (including phenoxy) is 1. The molecule has 1 aromatic rings. The lowest BCUT2D eigenvalue weighted by molar-refractivity contribution is -0.126. The molecule has 4 rings (SSSR count). The lowest BCUT2D eigenvalue weighted by Crippen LogP contribution is -2.58. The normalized spacial score (nSPS) is 23.7. The summed E-state index contributed by atoms with van der Waals surface area (Å²) in [5, 5.41) is 13.3. The van der Waals surface area contributed by atoms with Gasteiger partial charge in [0.2, 0.25) is 5.91 Å². The summed E-state index contributed by atoms with van der Waals surface area (Å²) in [7, 11) is -1.80. The van der Waals surface area contributed by atoms with E-state index in [0.717, 1.165) is 44.1 Å². The molecule has 0 bridgehead atoms. The molecule has 0 radical (unpaired) electrons. The minimum atomic E-state index is -3.80. The van der Waals surface area contributed by atoms with Crippen LogP contribution in [0.25, 0.3) is 0 Å². The topological polar surface area (TPSA) is 131 Å². The van der Waals surface area contributed by atoms with Gasteiger partial charge in [-0.15, -0.1) is 4.40 Å². The number of amides is 1. The Morgan fingerprint density at radius 1 is 1.22 bits per heavy atom. The number of H-pyrrole nitrogens is 1. The van der Waals surface area contributed by atoms with E-state index in [9.17, 15) is 18.5 Å². The molecule has 10 nitrogen and oxygen atoms in total.